The topological polar surface area (TPSA) is 76.1 Å². The second kappa shape index (κ2) is 5.09. The zero-order chi connectivity index (χ0) is 12.3. The van der Waals surface area contributed by atoms with Crippen LogP contribution in [-0.4, -0.2) is 28.6 Å². The molecule has 1 aliphatic rings. The molecule has 0 saturated carbocycles. The average molecular weight is 236 g/mol. The number of carbonyl (C=O) groups is 1. The first-order valence-corrected chi connectivity index (χ1v) is 5.65. The Hall–Kier alpha value is -1.69. The Morgan fingerprint density at radius 3 is 2.71 bits per heavy atom. The van der Waals surface area contributed by atoms with Crippen LogP contribution in [0.15, 0.2) is 6.07 Å². The Morgan fingerprint density at radius 1 is 1.41 bits per heavy atom. The van der Waals surface area contributed by atoms with Crippen LogP contribution >= 0.6 is 0 Å². The van der Waals surface area contributed by atoms with E-state index in [1.165, 1.54) is 0 Å². The van der Waals surface area contributed by atoms with Crippen molar-refractivity contribution in [1.82, 2.24) is 15.4 Å². The van der Waals surface area contributed by atoms with Gasteiger partial charge in [0.1, 0.15) is 6.10 Å². The number of carbonyl (C=O) groups excluding carboxylic acids is 1. The zero-order valence-corrected chi connectivity index (χ0v) is 9.99. The highest BCUT2D eigenvalue weighted by Gasteiger charge is 2.23. The van der Waals surface area contributed by atoms with Crippen molar-refractivity contribution in [2.24, 2.45) is 0 Å². The van der Waals surface area contributed by atoms with E-state index in [2.05, 4.69) is 20.8 Å². The maximum atomic E-state index is 11.6. The second-order valence-corrected chi connectivity index (χ2v) is 4.09. The molecule has 1 aliphatic heterocycles. The molecule has 1 fully saturated rings. The van der Waals surface area contributed by atoms with Crippen molar-refractivity contribution in [1.29, 1.82) is 0 Å². The van der Waals surface area contributed by atoms with Gasteiger partial charge in [0.05, 0.1) is 0 Å². The number of nitrogens with zero attached hydrogens (tertiary/aromatic N) is 2. The lowest BCUT2D eigenvalue weighted by atomic mass is 10.2. The van der Waals surface area contributed by atoms with Crippen LogP contribution in [0.5, 0.6) is 0 Å². The Kier molecular flexibility index (Phi) is 3.53. The molecule has 17 heavy (non-hydrogen) atoms. The van der Waals surface area contributed by atoms with Crippen LogP contribution in [0.1, 0.15) is 24.2 Å². The predicted molar refractivity (Wildman–Crippen MR) is 62.2 cm³/mol. The maximum Gasteiger partial charge on any atom is 0.267 e. The molecule has 1 aromatic heterocycles. The third-order valence-electron chi connectivity index (χ3n) is 2.50. The van der Waals surface area contributed by atoms with Gasteiger partial charge < -0.3 is 4.74 Å². The van der Waals surface area contributed by atoms with Crippen LogP contribution < -0.4 is 10.9 Å². The molecule has 0 radical (unpaired) electrons. The predicted octanol–water partition coefficient (Wildman–Crippen LogP) is 0.716. The minimum atomic E-state index is -0.353. The maximum absolute atomic E-state index is 11.6. The van der Waals surface area contributed by atoms with Gasteiger partial charge in [0.25, 0.3) is 5.91 Å². The molecule has 6 heteroatoms. The number of aryl methyl sites for hydroxylation is 2. The number of nitrogens with one attached hydrogen (secondary N) is 2. The summed E-state index contributed by atoms with van der Waals surface area (Å²) in [6.07, 6.45) is 1.34. The number of hydrazine groups is 1. The van der Waals surface area contributed by atoms with Crippen molar-refractivity contribution in [3.05, 3.63) is 17.5 Å². The lowest BCUT2D eigenvalue weighted by Gasteiger charge is -2.11. The SMILES string of the molecule is Cc1cc(C)nc(NNC(=O)C2CCCO2)n1. The van der Waals surface area contributed by atoms with Gasteiger partial charge in [-0.1, -0.05) is 0 Å². The molecule has 6 nitrogen and oxygen atoms in total. The van der Waals surface area contributed by atoms with Crippen LogP contribution in [0, 0.1) is 13.8 Å². The summed E-state index contributed by atoms with van der Waals surface area (Å²) >= 11 is 0. The molecule has 1 amide bonds. The van der Waals surface area contributed by atoms with Gasteiger partial charge in [0, 0.05) is 18.0 Å². The quantitative estimate of drug-likeness (QED) is 0.756. The van der Waals surface area contributed by atoms with E-state index in [1.54, 1.807) is 0 Å². The van der Waals surface area contributed by atoms with Crippen molar-refractivity contribution < 1.29 is 9.53 Å². The number of ether oxygens (including phenoxy) is 1. The fraction of sp³-hybridized carbons (Fsp3) is 0.545. The van der Waals surface area contributed by atoms with Crippen molar-refractivity contribution in [2.45, 2.75) is 32.8 Å². The van der Waals surface area contributed by atoms with E-state index >= 15 is 0 Å². The van der Waals surface area contributed by atoms with Crippen molar-refractivity contribution >= 4 is 11.9 Å². The van der Waals surface area contributed by atoms with E-state index in [-0.39, 0.29) is 12.0 Å². The molecule has 2 heterocycles. The highest BCUT2D eigenvalue weighted by Crippen LogP contribution is 2.11. The summed E-state index contributed by atoms with van der Waals surface area (Å²) in [5, 5.41) is 0. The van der Waals surface area contributed by atoms with Crippen LogP contribution in [0.4, 0.5) is 5.95 Å². The lowest BCUT2D eigenvalue weighted by molar-refractivity contribution is -0.129. The average Bonchev–Trinajstić information content (AvgIpc) is 2.78. The molecule has 0 aromatic carbocycles. The first kappa shape index (κ1) is 11.8. The van der Waals surface area contributed by atoms with Gasteiger partial charge in [-0.25, -0.2) is 9.97 Å². The molecule has 92 valence electrons. The number of hydrogen-bond donors (Lipinski definition) is 2. The highest BCUT2D eigenvalue weighted by molar-refractivity contribution is 5.81. The zero-order valence-electron chi connectivity index (χ0n) is 9.99. The van der Waals surface area contributed by atoms with Crippen LogP contribution in [0.2, 0.25) is 0 Å². The molecular formula is C11H16N4O2. The Bertz CT molecular complexity index is 396. The molecule has 2 rings (SSSR count). The van der Waals surface area contributed by atoms with Gasteiger partial charge in [-0.2, -0.15) is 0 Å². The third kappa shape index (κ3) is 3.13. The summed E-state index contributed by atoms with van der Waals surface area (Å²) in [4.78, 5) is 19.9. The molecule has 1 unspecified atom stereocenters. The summed E-state index contributed by atoms with van der Waals surface area (Å²) in [6, 6.07) is 1.87. The Morgan fingerprint density at radius 2 is 2.12 bits per heavy atom. The molecular weight excluding hydrogens is 220 g/mol. The van der Waals surface area contributed by atoms with E-state index < -0.39 is 0 Å². The van der Waals surface area contributed by atoms with Gasteiger partial charge in [0.15, 0.2) is 0 Å². The fourth-order valence-corrected chi connectivity index (χ4v) is 1.76. The van der Waals surface area contributed by atoms with Crippen LogP contribution in [0.3, 0.4) is 0 Å². The normalized spacial score (nSPS) is 19.1. The van der Waals surface area contributed by atoms with Gasteiger partial charge >= 0.3 is 0 Å². The van der Waals surface area contributed by atoms with E-state index in [4.69, 9.17) is 4.74 Å². The third-order valence-corrected chi connectivity index (χ3v) is 2.50. The second-order valence-electron chi connectivity index (χ2n) is 4.09. The monoisotopic (exact) mass is 236 g/mol. The smallest absolute Gasteiger partial charge is 0.267 e. The summed E-state index contributed by atoms with van der Waals surface area (Å²) in [5.41, 5.74) is 6.96. The molecule has 1 saturated heterocycles. The van der Waals surface area contributed by atoms with E-state index in [0.29, 0.717) is 12.6 Å². The first-order valence-electron chi connectivity index (χ1n) is 5.65. The van der Waals surface area contributed by atoms with E-state index in [9.17, 15) is 4.79 Å². The first-order chi connectivity index (χ1) is 8.15. The molecule has 1 aromatic rings. The number of aromatic nitrogens is 2. The summed E-state index contributed by atoms with van der Waals surface area (Å²) in [5.74, 6) is 0.221. The van der Waals surface area contributed by atoms with E-state index in [0.717, 1.165) is 24.2 Å². The lowest BCUT2D eigenvalue weighted by Crippen LogP contribution is -2.38. The van der Waals surface area contributed by atoms with Gasteiger partial charge in [-0.05, 0) is 32.8 Å². The number of amides is 1. The molecule has 0 bridgehead atoms. The Balaban J connectivity index is 1.90. The minimum Gasteiger partial charge on any atom is -0.368 e. The number of rotatable bonds is 3. The summed E-state index contributed by atoms with van der Waals surface area (Å²) in [7, 11) is 0. The van der Waals surface area contributed by atoms with Gasteiger partial charge in [-0.3, -0.25) is 15.6 Å². The van der Waals surface area contributed by atoms with Crippen molar-refractivity contribution in [3.63, 3.8) is 0 Å². The van der Waals surface area contributed by atoms with Gasteiger partial charge in [0.2, 0.25) is 5.95 Å². The van der Waals surface area contributed by atoms with E-state index in [1.807, 2.05) is 19.9 Å². The van der Waals surface area contributed by atoms with Crippen molar-refractivity contribution in [2.75, 3.05) is 12.0 Å². The molecule has 1 atom stereocenters. The van der Waals surface area contributed by atoms with Crippen LogP contribution in [-0.2, 0) is 9.53 Å². The summed E-state index contributed by atoms with van der Waals surface area (Å²) in [6.45, 7) is 4.40. The van der Waals surface area contributed by atoms with Crippen molar-refractivity contribution in [3.8, 4) is 0 Å². The Labute approximate surface area is 99.8 Å². The summed E-state index contributed by atoms with van der Waals surface area (Å²) < 4.78 is 5.26. The largest absolute Gasteiger partial charge is 0.368 e. The number of anilines is 1. The van der Waals surface area contributed by atoms with Gasteiger partial charge in [-0.15, -0.1) is 0 Å². The fourth-order valence-electron chi connectivity index (χ4n) is 1.76. The highest BCUT2D eigenvalue weighted by atomic mass is 16.5. The molecule has 0 aliphatic carbocycles. The number of hydrogen-bond acceptors (Lipinski definition) is 5. The standard InChI is InChI=1S/C11H16N4O2/c1-7-6-8(2)13-11(12-7)15-14-10(16)9-4-3-5-17-9/h6,9H,3-5H2,1-2H3,(H,14,16)(H,12,13,15). The minimum absolute atomic E-state index is 0.176. The molecule has 0 spiro atoms. The van der Waals surface area contributed by atoms with Crippen LogP contribution in [0.25, 0.3) is 0 Å². The molecule has 2 N–H and O–H groups in total.